The molecular formula is C18H26N2O2. The number of nitrogens with zero attached hydrogens (tertiary/aromatic N) is 2. The molecule has 22 heavy (non-hydrogen) atoms. The van der Waals surface area contributed by atoms with Crippen LogP contribution >= 0.6 is 0 Å². The maximum absolute atomic E-state index is 12.7. The van der Waals surface area contributed by atoms with Crippen LogP contribution in [-0.2, 0) is 11.2 Å². The highest BCUT2D eigenvalue weighted by molar-refractivity contribution is 5.96. The van der Waals surface area contributed by atoms with Gasteiger partial charge in [0.15, 0.2) is 0 Å². The Morgan fingerprint density at radius 1 is 1.45 bits per heavy atom. The van der Waals surface area contributed by atoms with E-state index in [4.69, 9.17) is 4.74 Å². The number of hydrogen-bond acceptors (Lipinski definition) is 3. The molecule has 4 nitrogen and oxygen atoms in total. The van der Waals surface area contributed by atoms with E-state index in [1.807, 2.05) is 17.0 Å². The van der Waals surface area contributed by atoms with Crippen LogP contribution in [0.2, 0.25) is 0 Å². The summed E-state index contributed by atoms with van der Waals surface area (Å²) in [5, 5.41) is 0. The fraction of sp³-hybridized carbons (Fsp3) is 0.611. The lowest BCUT2D eigenvalue weighted by Crippen LogP contribution is -2.44. The molecule has 1 fully saturated rings. The first kappa shape index (κ1) is 15.3. The second-order valence-corrected chi connectivity index (χ2v) is 6.64. The van der Waals surface area contributed by atoms with E-state index < -0.39 is 0 Å². The predicted octanol–water partition coefficient (Wildman–Crippen LogP) is 2.70. The molecule has 0 aromatic heterocycles. The highest BCUT2D eigenvalue weighted by atomic mass is 16.5. The van der Waals surface area contributed by atoms with Gasteiger partial charge in [-0.25, -0.2) is 0 Å². The molecule has 0 spiro atoms. The van der Waals surface area contributed by atoms with E-state index >= 15 is 0 Å². The van der Waals surface area contributed by atoms with Gasteiger partial charge in [0.25, 0.3) is 0 Å². The van der Waals surface area contributed by atoms with Gasteiger partial charge in [-0.3, -0.25) is 9.69 Å². The summed E-state index contributed by atoms with van der Waals surface area (Å²) < 4.78 is 5.29. The topological polar surface area (TPSA) is 32.8 Å². The first-order valence-electron chi connectivity index (χ1n) is 8.27. The number of aryl methyl sites for hydroxylation is 1. The second-order valence-electron chi connectivity index (χ2n) is 6.64. The fourth-order valence-electron chi connectivity index (χ4n) is 3.34. The van der Waals surface area contributed by atoms with Crippen molar-refractivity contribution in [1.82, 2.24) is 4.90 Å². The van der Waals surface area contributed by atoms with E-state index in [0.29, 0.717) is 12.6 Å². The number of ether oxygens (including phenoxy) is 1. The summed E-state index contributed by atoms with van der Waals surface area (Å²) in [7, 11) is 3.75. The minimum absolute atomic E-state index is 0.209. The van der Waals surface area contributed by atoms with Crippen LogP contribution in [0.25, 0.3) is 0 Å². The first-order valence-corrected chi connectivity index (χ1v) is 8.27. The number of carbonyl (C=O) groups excluding carboxylic acids is 1. The molecule has 1 unspecified atom stereocenters. The standard InChI is InChI=1S/C18H26N2O2/c1-13(14-6-7-14)19(2)12-18(21)20-10-4-5-15-11-16(22-3)8-9-17(15)20/h8-9,11,13-14H,4-7,10,12H2,1-3H3. The molecular weight excluding hydrogens is 276 g/mol. The van der Waals surface area contributed by atoms with E-state index in [0.717, 1.165) is 36.7 Å². The molecule has 120 valence electrons. The minimum atomic E-state index is 0.209. The number of amides is 1. The Bertz CT molecular complexity index is 554. The Labute approximate surface area is 133 Å². The molecule has 0 bridgehead atoms. The van der Waals surface area contributed by atoms with Gasteiger partial charge in [-0.2, -0.15) is 0 Å². The monoisotopic (exact) mass is 302 g/mol. The summed E-state index contributed by atoms with van der Waals surface area (Å²) in [5.74, 6) is 1.87. The first-order chi connectivity index (χ1) is 10.6. The maximum Gasteiger partial charge on any atom is 0.241 e. The molecule has 2 aliphatic rings. The molecule has 1 aliphatic carbocycles. The summed E-state index contributed by atoms with van der Waals surface area (Å²) in [6.07, 6.45) is 4.66. The van der Waals surface area contributed by atoms with Crippen molar-refractivity contribution in [3.8, 4) is 5.75 Å². The number of carbonyl (C=O) groups is 1. The number of benzene rings is 1. The predicted molar refractivity (Wildman–Crippen MR) is 88.5 cm³/mol. The van der Waals surface area contributed by atoms with Gasteiger partial charge in [0.05, 0.1) is 13.7 Å². The van der Waals surface area contributed by atoms with Crippen molar-refractivity contribution in [1.29, 1.82) is 0 Å². The van der Waals surface area contributed by atoms with Crippen molar-refractivity contribution in [2.75, 3.05) is 32.1 Å². The Balaban J connectivity index is 1.71. The Hall–Kier alpha value is -1.55. The Kier molecular flexibility index (Phi) is 4.39. The van der Waals surface area contributed by atoms with Crippen LogP contribution in [0.5, 0.6) is 5.75 Å². The van der Waals surface area contributed by atoms with Gasteiger partial charge in [0.2, 0.25) is 5.91 Å². The largest absolute Gasteiger partial charge is 0.497 e. The van der Waals surface area contributed by atoms with Crippen molar-refractivity contribution in [2.24, 2.45) is 5.92 Å². The highest BCUT2D eigenvalue weighted by Crippen LogP contribution is 2.35. The lowest BCUT2D eigenvalue weighted by atomic mass is 10.0. The summed E-state index contributed by atoms with van der Waals surface area (Å²) in [5.41, 5.74) is 2.28. The number of anilines is 1. The van der Waals surface area contributed by atoms with Gasteiger partial charge in [-0.05, 0) is 69.3 Å². The lowest BCUT2D eigenvalue weighted by Gasteiger charge is -2.32. The van der Waals surface area contributed by atoms with Gasteiger partial charge >= 0.3 is 0 Å². The molecule has 1 amide bonds. The van der Waals surface area contributed by atoms with Crippen LogP contribution in [0.15, 0.2) is 18.2 Å². The average molecular weight is 302 g/mol. The molecule has 4 heteroatoms. The minimum Gasteiger partial charge on any atom is -0.497 e. The molecule has 1 aromatic carbocycles. The maximum atomic E-state index is 12.7. The summed E-state index contributed by atoms with van der Waals surface area (Å²) in [4.78, 5) is 16.9. The third-order valence-corrected chi connectivity index (χ3v) is 5.09. The molecule has 0 saturated heterocycles. The highest BCUT2D eigenvalue weighted by Gasteiger charge is 2.32. The van der Waals surface area contributed by atoms with Crippen LogP contribution in [0.3, 0.4) is 0 Å². The quantitative estimate of drug-likeness (QED) is 0.838. The van der Waals surface area contributed by atoms with Crippen LogP contribution in [0.1, 0.15) is 31.7 Å². The van der Waals surface area contributed by atoms with Crippen molar-refractivity contribution < 1.29 is 9.53 Å². The van der Waals surface area contributed by atoms with Gasteiger partial charge in [-0.15, -0.1) is 0 Å². The van der Waals surface area contributed by atoms with Crippen molar-refractivity contribution >= 4 is 11.6 Å². The van der Waals surface area contributed by atoms with Crippen LogP contribution in [0, 0.1) is 5.92 Å². The van der Waals surface area contributed by atoms with E-state index in [1.54, 1.807) is 7.11 Å². The fourth-order valence-corrected chi connectivity index (χ4v) is 3.34. The van der Waals surface area contributed by atoms with Crippen LogP contribution in [0.4, 0.5) is 5.69 Å². The number of methoxy groups -OCH3 is 1. The summed E-state index contributed by atoms with van der Waals surface area (Å²) in [6.45, 7) is 3.56. The van der Waals surface area contributed by atoms with Gasteiger partial charge in [0, 0.05) is 18.3 Å². The van der Waals surface area contributed by atoms with E-state index in [2.05, 4.69) is 24.9 Å². The van der Waals surface area contributed by atoms with Gasteiger partial charge in [0.1, 0.15) is 5.75 Å². The molecule has 1 atom stereocenters. The molecule has 1 aromatic rings. The Morgan fingerprint density at radius 3 is 2.91 bits per heavy atom. The van der Waals surface area contributed by atoms with Crippen molar-refractivity contribution in [3.63, 3.8) is 0 Å². The zero-order valence-electron chi connectivity index (χ0n) is 13.8. The smallest absolute Gasteiger partial charge is 0.241 e. The van der Waals surface area contributed by atoms with E-state index in [-0.39, 0.29) is 5.91 Å². The zero-order chi connectivity index (χ0) is 15.7. The summed E-state index contributed by atoms with van der Waals surface area (Å²) in [6, 6.07) is 6.53. The number of hydrogen-bond donors (Lipinski definition) is 0. The SMILES string of the molecule is COc1ccc2c(c1)CCCN2C(=O)CN(C)C(C)C1CC1. The number of fused-ring (bicyclic) bond motifs is 1. The molecule has 3 rings (SSSR count). The normalized spacial score (nSPS) is 19.0. The van der Waals surface area contributed by atoms with Gasteiger partial charge in [-0.1, -0.05) is 0 Å². The van der Waals surface area contributed by atoms with Crippen molar-refractivity contribution in [3.05, 3.63) is 23.8 Å². The number of likely N-dealkylation sites (N-methyl/N-ethyl adjacent to an activating group) is 1. The molecule has 1 aliphatic heterocycles. The third kappa shape index (κ3) is 3.12. The van der Waals surface area contributed by atoms with E-state index in [9.17, 15) is 4.79 Å². The summed E-state index contributed by atoms with van der Waals surface area (Å²) >= 11 is 0. The molecule has 1 heterocycles. The van der Waals surface area contributed by atoms with Gasteiger partial charge < -0.3 is 9.64 Å². The van der Waals surface area contributed by atoms with Crippen LogP contribution < -0.4 is 9.64 Å². The molecule has 0 radical (unpaired) electrons. The zero-order valence-corrected chi connectivity index (χ0v) is 13.8. The second kappa shape index (κ2) is 6.29. The van der Waals surface area contributed by atoms with Crippen LogP contribution in [-0.4, -0.2) is 44.1 Å². The van der Waals surface area contributed by atoms with E-state index in [1.165, 1.54) is 18.4 Å². The van der Waals surface area contributed by atoms with Crippen molar-refractivity contribution in [2.45, 2.75) is 38.6 Å². The molecule has 0 N–H and O–H groups in total. The third-order valence-electron chi connectivity index (χ3n) is 5.09. The average Bonchev–Trinajstić information content (AvgIpc) is 3.37. The number of rotatable bonds is 5. The lowest BCUT2D eigenvalue weighted by molar-refractivity contribution is -0.120. The molecule has 1 saturated carbocycles. The Morgan fingerprint density at radius 2 is 2.23 bits per heavy atom.